The molecule has 2 N–H and O–H groups in total. The van der Waals surface area contributed by atoms with Gasteiger partial charge >= 0.3 is 0 Å². The van der Waals surface area contributed by atoms with Crippen molar-refractivity contribution < 1.29 is 18.7 Å². The summed E-state index contributed by atoms with van der Waals surface area (Å²) in [5.74, 6) is -1.92. The number of carbonyl (C=O) groups is 1. The molecule has 0 aromatic heterocycles. The number of phenols is 1. The molecule has 3 nitrogen and oxygen atoms in total. The molecule has 5 heteroatoms. The van der Waals surface area contributed by atoms with Gasteiger partial charge in [0.05, 0.1) is 0 Å². The Morgan fingerprint density at radius 3 is 2.79 bits per heavy atom. The number of nitrogens with one attached hydrogen (secondary N) is 1. The number of aryl methyl sites for hydroxylation is 1. The van der Waals surface area contributed by atoms with Gasteiger partial charge < -0.3 is 10.4 Å². The third-order valence-electron chi connectivity index (χ3n) is 8.51. The normalized spacial score (nSPS) is 37.3. The highest BCUT2D eigenvalue weighted by molar-refractivity contribution is 5.76. The van der Waals surface area contributed by atoms with Crippen molar-refractivity contribution in [3.8, 4) is 5.75 Å². The molecule has 3 fully saturated rings. The fraction of sp³-hybridized carbons (Fsp3) is 0.708. The summed E-state index contributed by atoms with van der Waals surface area (Å²) in [5.41, 5.74) is 1.47. The number of hydrogen-bond acceptors (Lipinski definition) is 2. The number of rotatable bonds is 4. The summed E-state index contributed by atoms with van der Waals surface area (Å²) in [6, 6.07) is 5.92. The fourth-order valence-electron chi connectivity index (χ4n) is 6.93. The van der Waals surface area contributed by atoms with Gasteiger partial charge in [-0.15, -0.1) is 0 Å². The van der Waals surface area contributed by atoms with Crippen molar-refractivity contribution in [2.45, 2.75) is 82.6 Å². The maximum Gasteiger partial charge on any atom is 0.253 e. The number of carbonyl (C=O) groups excluding carboxylic acids is 1. The number of aromatic hydroxyl groups is 1. The number of phenolic OH excluding ortho intramolecular Hbond substituents is 1. The molecular formula is C24H31F2NO2. The van der Waals surface area contributed by atoms with Crippen LogP contribution in [0.5, 0.6) is 5.75 Å². The van der Waals surface area contributed by atoms with E-state index in [1.807, 2.05) is 19.1 Å². The highest BCUT2D eigenvalue weighted by Crippen LogP contribution is 2.68. The summed E-state index contributed by atoms with van der Waals surface area (Å²) >= 11 is 0. The lowest BCUT2D eigenvalue weighted by Gasteiger charge is -2.51. The van der Waals surface area contributed by atoms with Crippen molar-refractivity contribution in [2.24, 2.45) is 23.2 Å². The third kappa shape index (κ3) is 3.16. The van der Waals surface area contributed by atoms with Crippen LogP contribution >= 0.6 is 0 Å². The molecule has 1 aromatic carbocycles. The summed E-state index contributed by atoms with van der Waals surface area (Å²) in [7, 11) is 0. The van der Waals surface area contributed by atoms with Crippen molar-refractivity contribution in [3.05, 3.63) is 29.3 Å². The van der Waals surface area contributed by atoms with Gasteiger partial charge in [0.25, 0.3) is 5.92 Å². The summed E-state index contributed by atoms with van der Waals surface area (Å²) in [5, 5.41) is 12.8. The van der Waals surface area contributed by atoms with E-state index in [0.717, 1.165) is 32.1 Å². The standard InChI is InChI=1S/C24H31F2NO2/c1-23-11-10-19-18-8-6-17(28)12-14(18)2-7-20(19)22(23)15(13-24(23,25)26)3-9-21(29)27-16-4-5-16/h6,8,12,15-16,19-20,22,28H,2-5,7,9-11,13H2,1H3,(H,27,29)/t15-,19-,20-,22?,23+/m1/s1. The van der Waals surface area contributed by atoms with E-state index in [9.17, 15) is 9.90 Å². The predicted molar refractivity (Wildman–Crippen MR) is 107 cm³/mol. The van der Waals surface area contributed by atoms with Gasteiger partial charge in [-0.05, 0) is 91.9 Å². The molecule has 0 bridgehead atoms. The molecule has 29 heavy (non-hydrogen) atoms. The van der Waals surface area contributed by atoms with Crippen LogP contribution in [0, 0.1) is 23.2 Å². The first kappa shape index (κ1) is 19.3. The molecule has 0 radical (unpaired) electrons. The van der Waals surface area contributed by atoms with Gasteiger partial charge in [-0.1, -0.05) is 13.0 Å². The first-order chi connectivity index (χ1) is 13.8. The highest BCUT2D eigenvalue weighted by atomic mass is 19.3. The van der Waals surface area contributed by atoms with E-state index in [0.29, 0.717) is 31.2 Å². The molecule has 5 rings (SSSR count). The minimum absolute atomic E-state index is 0.0289. The third-order valence-corrected chi connectivity index (χ3v) is 8.51. The van der Waals surface area contributed by atoms with Gasteiger partial charge in [-0.2, -0.15) is 0 Å². The van der Waals surface area contributed by atoms with Crippen LogP contribution in [0.3, 0.4) is 0 Å². The zero-order valence-electron chi connectivity index (χ0n) is 17.1. The lowest BCUT2D eigenvalue weighted by Crippen LogP contribution is -2.47. The van der Waals surface area contributed by atoms with Gasteiger partial charge in [-0.25, -0.2) is 8.78 Å². The van der Waals surface area contributed by atoms with E-state index in [2.05, 4.69) is 5.32 Å². The van der Waals surface area contributed by atoms with Crippen LogP contribution in [0.15, 0.2) is 18.2 Å². The van der Waals surface area contributed by atoms with Gasteiger partial charge in [0.1, 0.15) is 5.75 Å². The average Bonchev–Trinajstić information content (AvgIpc) is 3.45. The molecule has 4 aliphatic carbocycles. The Morgan fingerprint density at radius 2 is 2.03 bits per heavy atom. The SMILES string of the molecule is C[C@]12CC[C@@H]3c4ccc(O)cc4CC[C@H]3C1[C@H](CCC(=O)NC1CC1)CC2(F)F. The Hall–Kier alpha value is -1.65. The van der Waals surface area contributed by atoms with Crippen molar-refractivity contribution >= 4 is 5.91 Å². The molecule has 0 saturated heterocycles. The second-order valence-corrected chi connectivity index (χ2v) is 10.2. The Kier molecular flexibility index (Phi) is 4.45. The Labute approximate surface area is 171 Å². The molecular weight excluding hydrogens is 372 g/mol. The minimum atomic E-state index is -2.66. The van der Waals surface area contributed by atoms with E-state index >= 15 is 8.78 Å². The molecule has 0 heterocycles. The zero-order chi connectivity index (χ0) is 20.4. The molecule has 3 saturated carbocycles. The van der Waals surface area contributed by atoms with Gasteiger partial charge in [0.15, 0.2) is 0 Å². The Bertz CT molecular complexity index is 821. The van der Waals surface area contributed by atoms with E-state index < -0.39 is 11.3 Å². The topological polar surface area (TPSA) is 49.3 Å². The number of amides is 1. The highest BCUT2D eigenvalue weighted by Gasteiger charge is 2.67. The molecule has 158 valence electrons. The maximum atomic E-state index is 15.2. The largest absolute Gasteiger partial charge is 0.508 e. The van der Waals surface area contributed by atoms with Crippen molar-refractivity contribution in [2.75, 3.05) is 0 Å². The minimum Gasteiger partial charge on any atom is -0.508 e. The van der Waals surface area contributed by atoms with Crippen LogP contribution in [-0.2, 0) is 11.2 Å². The van der Waals surface area contributed by atoms with Gasteiger partial charge in [0.2, 0.25) is 5.91 Å². The Balaban J connectivity index is 1.40. The van der Waals surface area contributed by atoms with Crippen LogP contribution < -0.4 is 5.32 Å². The van der Waals surface area contributed by atoms with Crippen LogP contribution in [0.1, 0.15) is 75.3 Å². The second-order valence-electron chi connectivity index (χ2n) is 10.2. The summed E-state index contributed by atoms with van der Waals surface area (Å²) in [6.45, 7) is 1.81. The smallest absolute Gasteiger partial charge is 0.253 e. The van der Waals surface area contributed by atoms with E-state index in [4.69, 9.17) is 0 Å². The molecule has 1 aromatic rings. The molecule has 1 amide bonds. The number of halogens is 2. The summed E-state index contributed by atoms with van der Waals surface area (Å²) in [6.07, 6.45) is 6.04. The van der Waals surface area contributed by atoms with Crippen LogP contribution in [0.2, 0.25) is 0 Å². The van der Waals surface area contributed by atoms with E-state index in [1.54, 1.807) is 6.07 Å². The van der Waals surface area contributed by atoms with Crippen molar-refractivity contribution in [1.82, 2.24) is 5.32 Å². The number of benzene rings is 1. The molecule has 0 aliphatic heterocycles. The number of alkyl halides is 2. The Morgan fingerprint density at radius 1 is 1.24 bits per heavy atom. The first-order valence-electron chi connectivity index (χ1n) is 11.3. The quantitative estimate of drug-likeness (QED) is 0.729. The number of fused-ring (bicyclic) bond motifs is 5. The molecule has 5 atom stereocenters. The maximum absolute atomic E-state index is 15.2. The second kappa shape index (κ2) is 6.68. The predicted octanol–water partition coefficient (Wildman–Crippen LogP) is 5.17. The summed E-state index contributed by atoms with van der Waals surface area (Å²) in [4.78, 5) is 12.2. The lowest BCUT2D eigenvalue weighted by atomic mass is 9.53. The molecule has 0 spiro atoms. The first-order valence-corrected chi connectivity index (χ1v) is 11.3. The zero-order valence-corrected chi connectivity index (χ0v) is 17.1. The van der Waals surface area contributed by atoms with Gasteiger partial charge in [0, 0.05) is 24.3 Å². The monoisotopic (exact) mass is 403 g/mol. The van der Waals surface area contributed by atoms with Gasteiger partial charge in [-0.3, -0.25) is 4.79 Å². The van der Waals surface area contributed by atoms with Crippen LogP contribution in [-0.4, -0.2) is 23.0 Å². The lowest BCUT2D eigenvalue weighted by molar-refractivity contribution is -0.133. The van der Waals surface area contributed by atoms with E-state index in [1.165, 1.54) is 11.1 Å². The van der Waals surface area contributed by atoms with E-state index in [-0.39, 0.29) is 35.8 Å². The van der Waals surface area contributed by atoms with Crippen LogP contribution in [0.4, 0.5) is 8.78 Å². The molecule has 4 aliphatic rings. The summed E-state index contributed by atoms with van der Waals surface area (Å²) < 4.78 is 30.5. The molecule has 1 unspecified atom stereocenters. The van der Waals surface area contributed by atoms with Crippen molar-refractivity contribution in [3.63, 3.8) is 0 Å². The average molecular weight is 404 g/mol. The van der Waals surface area contributed by atoms with Crippen LogP contribution in [0.25, 0.3) is 0 Å². The fourth-order valence-corrected chi connectivity index (χ4v) is 6.93. The van der Waals surface area contributed by atoms with Crippen molar-refractivity contribution in [1.29, 1.82) is 0 Å². The number of hydrogen-bond donors (Lipinski definition) is 2.